The summed E-state index contributed by atoms with van der Waals surface area (Å²) >= 11 is 1.73. The van der Waals surface area contributed by atoms with Gasteiger partial charge in [0.25, 0.3) is 0 Å². The van der Waals surface area contributed by atoms with Crippen LogP contribution in [0.3, 0.4) is 0 Å². The highest BCUT2D eigenvalue weighted by Gasteiger charge is 2.32. The molecule has 174 valence electrons. The topological polar surface area (TPSA) is 59.0 Å². The third-order valence-corrected chi connectivity index (χ3v) is 7.11. The maximum Gasteiger partial charge on any atom is 0.307 e. The van der Waals surface area contributed by atoms with Crippen LogP contribution in [-0.4, -0.2) is 35.7 Å². The van der Waals surface area contributed by atoms with Gasteiger partial charge in [0.15, 0.2) is 11.5 Å². The van der Waals surface area contributed by atoms with Crippen LogP contribution in [0.2, 0.25) is 0 Å². The summed E-state index contributed by atoms with van der Waals surface area (Å²) in [5, 5.41) is 11.8. The molecule has 2 aromatic carbocycles. The summed E-state index contributed by atoms with van der Waals surface area (Å²) in [6, 6.07) is 18.4. The molecule has 3 aromatic rings. The molecule has 2 unspecified atom stereocenters. The zero-order valence-electron chi connectivity index (χ0n) is 19.2. The summed E-state index contributed by atoms with van der Waals surface area (Å²) in [4.78, 5) is 15.2. The molecule has 6 heteroatoms. The highest BCUT2D eigenvalue weighted by Crippen LogP contribution is 2.39. The van der Waals surface area contributed by atoms with E-state index in [0.717, 1.165) is 36.3 Å². The Morgan fingerprint density at radius 2 is 1.97 bits per heavy atom. The third kappa shape index (κ3) is 5.75. The largest absolute Gasteiger partial charge is 0.490 e. The lowest BCUT2D eigenvalue weighted by molar-refractivity contribution is -0.143. The summed E-state index contributed by atoms with van der Waals surface area (Å²) in [5.41, 5.74) is 3.42. The van der Waals surface area contributed by atoms with Gasteiger partial charge in [-0.2, -0.15) is 0 Å². The van der Waals surface area contributed by atoms with Gasteiger partial charge in [0.2, 0.25) is 0 Å². The molecular weight excluding hydrogens is 434 g/mol. The van der Waals surface area contributed by atoms with Gasteiger partial charge >= 0.3 is 5.97 Å². The van der Waals surface area contributed by atoms with Crippen molar-refractivity contribution >= 4 is 17.3 Å². The van der Waals surface area contributed by atoms with Crippen LogP contribution in [0, 0.1) is 12.8 Å². The normalized spacial score (nSPS) is 17.5. The van der Waals surface area contributed by atoms with Crippen LogP contribution in [0.4, 0.5) is 0 Å². The number of thiophene rings is 1. The molecular formula is C27H31NO4S. The van der Waals surface area contributed by atoms with Gasteiger partial charge in [0.05, 0.1) is 18.6 Å². The first-order chi connectivity index (χ1) is 16.0. The molecule has 0 radical (unpaired) electrons. The highest BCUT2D eigenvalue weighted by atomic mass is 32.1. The van der Waals surface area contributed by atoms with E-state index >= 15 is 0 Å². The van der Waals surface area contributed by atoms with E-state index < -0.39 is 5.97 Å². The van der Waals surface area contributed by atoms with E-state index in [1.807, 2.05) is 43.3 Å². The van der Waals surface area contributed by atoms with Crippen molar-refractivity contribution < 1.29 is 19.4 Å². The zero-order chi connectivity index (χ0) is 23.2. The molecule has 0 bridgehead atoms. The summed E-state index contributed by atoms with van der Waals surface area (Å²) in [6.45, 7) is 6.50. The Balaban J connectivity index is 1.64. The summed E-state index contributed by atoms with van der Waals surface area (Å²) in [7, 11) is 0. The van der Waals surface area contributed by atoms with E-state index in [-0.39, 0.29) is 12.0 Å². The van der Waals surface area contributed by atoms with Crippen molar-refractivity contribution in [3.63, 3.8) is 0 Å². The van der Waals surface area contributed by atoms with Crippen LogP contribution in [0.5, 0.6) is 11.5 Å². The molecule has 0 amide bonds. The molecule has 1 aromatic heterocycles. The average Bonchev–Trinajstić information content (AvgIpc) is 3.25. The first-order valence-corrected chi connectivity index (χ1v) is 12.4. The molecule has 0 spiro atoms. The van der Waals surface area contributed by atoms with E-state index in [4.69, 9.17) is 9.47 Å². The second-order valence-electron chi connectivity index (χ2n) is 8.51. The van der Waals surface area contributed by atoms with Crippen LogP contribution in [0.1, 0.15) is 47.4 Å². The Morgan fingerprint density at radius 3 is 2.67 bits per heavy atom. The van der Waals surface area contributed by atoms with Crippen LogP contribution < -0.4 is 9.47 Å². The van der Waals surface area contributed by atoms with Crippen LogP contribution in [-0.2, 0) is 11.4 Å². The predicted octanol–water partition coefficient (Wildman–Crippen LogP) is 5.92. The fourth-order valence-corrected chi connectivity index (χ4v) is 5.47. The van der Waals surface area contributed by atoms with Crippen LogP contribution >= 0.6 is 11.3 Å². The van der Waals surface area contributed by atoms with Gasteiger partial charge in [-0.15, -0.1) is 11.3 Å². The standard InChI is InChI=1S/C27H31NO4S/c1-3-31-24-15-21(11-12-23(24)32-17-20-8-5-4-6-9-20)26(25-14-19(2)18-33-25)28-13-7-10-22(16-28)27(29)30/h4-6,8-9,11-12,14-15,18,22,26H,3,7,10,13,16-17H2,1-2H3,(H,29,30). The lowest BCUT2D eigenvalue weighted by atomic mass is 9.94. The van der Waals surface area contributed by atoms with Gasteiger partial charge in [-0.05, 0) is 73.5 Å². The van der Waals surface area contributed by atoms with E-state index in [1.165, 1.54) is 10.4 Å². The number of aliphatic carboxylic acids is 1. The van der Waals surface area contributed by atoms with Gasteiger partial charge in [0, 0.05) is 11.4 Å². The molecule has 4 rings (SSSR count). The Hall–Kier alpha value is -2.83. The Kier molecular flexibility index (Phi) is 7.68. The van der Waals surface area contributed by atoms with Gasteiger partial charge in [-0.1, -0.05) is 36.4 Å². The molecule has 0 saturated carbocycles. The lowest BCUT2D eigenvalue weighted by Gasteiger charge is -2.37. The number of ether oxygens (including phenoxy) is 2. The summed E-state index contributed by atoms with van der Waals surface area (Å²) in [6.07, 6.45) is 1.62. The number of benzene rings is 2. The number of aryl methyl sites for hydroxylation is 1. The van der Waals surface area contributed by atoms with Crippen molar-refractivity contribution in [1.29, 1.82) is 0 Å². The molecule has 2 atom stereocenters. The molecule has 1 fully saturated rings. The quantitative estimate of drug-likeness (QED) is 0.425. The minimum Gasteiger partial charge on any atom is -0.490 e. The molecule has 1 N–H and O–H groups in total. The summed E-state index contributed by atoms with van der Waals surface area (Å²) < 4.78 is 12.1. The zero-order valence-corrected chi connectivity index (χ0v) is 20.0. The minimum absolute atomic E-state index is 0.00627. The van der Waals surface area contributed by atoms with Crippen molar-refractivity contribution in [2.24, 2.45) is 5.92 Å². The van der Waals surface area contributed by atoms with E-state index in [2.05, 4.69) is 35.4 Å². The Labute approximate surface area is 199 Å². The van der Waals surface area contributed by atoms with Gasteiger partial charge in [-0.25, -0.2) is 0 Å². The van der Waals surface area contributed by atoms with Crippen LogP contribution in [0.15, 0.2) is 60.0 Å². The molecule has 33 heavy (non-hydrogen) atoms. The van der Waals surface area contributed by atoms with Crippen molar-refractivity contribution in [3.8, 4) is 11.5 Å². The number of hydrogen-bond donors (Lipinski definition) is 1. The highest BCUT2D eigenvalue weighted by molar-refractivity contribution is 7.10. The molecule has 1 saturated heterocycles. The smallest absolute Gasteiger partial charge is 0.307 e. The molecule has 1 aliphatic heterocycles. The maximum atomic E-state index is 11.7. The second-order valence-corrected chi connectivity index (χ2v) is 9.46. The Morgan fingerprint density at radius 1 is 1.15 bits per heavy atom. The first-order valence-electron chi connectivity index (χ1n) is 11.5. The van der Waals surface area contributed by atoms with Crippen LogP contribution in [0.25, 0.3) is 0 Å². The number of piperidine rings is 1. The number of likely N-dealkylation sites (tertiary alicyclic amines) is 1. The fraction of sp³-hybridized carbons (Fsp3) is 0.370. The number of nitrogens with zero attached hydrogens (tertiary/aromatic N) is 1. The lowest BCUT2D eigenvalue weighted by Crippen LogP contribution is -2.41. The number of rotatable bonds is 9. The van der Waals surface area contributed by atoms with Crippen molar-refractivity contribution in [2.45, 2.75) is 39.3 Å². The maximum absolute atomic E-state index is 11.7. The van der Waals surface area contributed by atoms with Gasteiger partial charge in [0.1, 0.15) is 6.61 Å². The fourth-order valence-electron chi connectivity index (χ4n) is 4.41. The average molecular weight is 466 g/mol. The number of carboxylic acids is 1. The van der Waals surface area contributed by atoms with Crippen molar-refractivity contribution in [3.05, 3.63) is 81.5 Å². The van der Waals surface area contributed by atoms with E-state index in [9.17, 15) is 9.90 Å². The van der Waals surface area contributed by atoms with E-state index in [0.29, 0.717) is 25.5 Å². The second kappa shape index (κ2) is 10.9. The minimum atomic E-state index is -0.708. The number of hydrogen-bond acceptors (Lipinski definition) is 5. The predicted molar refractivity (Wildman–Crippen MR) is 131 cm³/mol. The van der Waals surface area contributed by atoms with Crippen molar-refractivity contribution in [1.82, 2.24) is 4.90 Å². The molecule has 5 nitrogen and oxygen atoms in total. The number of carboxylic acid groups (broad SMARTS) is 1. The van der Waals surface area contributed by atoms with Gasteiger partial charge in [-0.3, -0.25) is 9.69 Å². The molecule has 2 heterocycles. The first kappa shape index (κ1) is 23.3. The van der Waals surface area contributed by atoms with E-state index in [1.54, 1.807) is 11.3 Å². The van der Waals surface area contributed by atoms with Gasteiger partial charge < -0.3 is 14.6 Å². The number of carbonyl (C=O) groups is 1. The Bertz CT molecular complexity index is 1060. The SMILES string of the molecule is CCOc1cc(C(c2cc(C)cs2)N2CCCC(C(=O)O)C2)ccc1OCc1ccccc1. The summed E-state index contributed by atoms with van der Waals surface area (Å²) in [5.74, 6) is 0.395. The third-order valence-electron chi connectivity index (χ3n) is 6.01. The molecule has 0 aliphatic carbocycles. The monoisotopic (exact) mass is 465 g/mol. The molecule has 1 aliphatic rings. The van der Waals surface area contributed by atoms with Crippen molar-refractivity contribution in [2.75, 3.05) is 19.7 Å².